The Hall–Kier alpha value is 1.81. The minimum absolute atomic E-state index is 0. The van der Waals surface area contributed by atoms with Gasteiger partial charge in [0.15, 0.2) is 0 Å². The molecule has 0 heterocycles. The van der Waals surface area contributed by atoms with Crippen molar-refractivity contribution in [2.24, 2.45) is 0 Å². The number of hydrogen-bond acceptors (Lipinski definition) is 4. The molecule has 0 bridgehead atoms. The van der Waals surface area contributed by atoms with Gasteiger partial charge in [-0.25, -0.2) is 0 Å². The van der Waals surface area contributed by atoms with Crippen LogP contribution in [0.1, 0.15) is 0 Å². The Morgan fingerprint density at radius 3 is 0.500 bits per heavy atom. The van der Waals surface area contributed by atoms with Crippen LogP contribution < -0.4 is 18.9 Å². The summed E-state index contributed by atoms with van der Waals surface area (Å²) in [6, 6.07) is 0. The molecule has 1 radical (unpaired) electrons. The van der Waals surface area contributed by atoms with Gasteiger partial charge < -0.3 is 21.9 Å². The second-order valence-electron chi connectivity index (χ2n) is 0. The van der Waals surface area contributed by atoms with Crippen LogP contribution in [0.25, 0.3) is 0 Å². The van der Waals surface area contributed by atoms with Gasteiger partial charge in [-0.05, 0) is 0 Å². The van der Waals surface area contributed by atoms with Crippen LogP contribution in [0.3, 0.4) is 0 Å². The molecule has 0 amide bonds. The van der Waals surface area contributed by atoms with E-state index in [9.17, 15) is 0 Å². The van der Waals surface area contributed by atoms with E-state index < -0.39 is 0 Å². The van der Waals surface area contributed by atoms with Crippen molar-refractivity contribution in [1.29, 1.82) is 0 Å². The van der Waals surface area contributed by atoms with Crippen LogP contribution in [-0.2, 0) is 0 Å². The molecule has 0 saturated carbocycles. The van der Waals surface area contributed by atoms with Gasteiger partial charge in [0.2, 0.25) is 0 Å². The first-order valence-electron chi connectivity index (χ1n) is 0. The summed E-state index contributed by atoms with van der Waals surface area (Å²) in [6.45, 7) is 0. The van der Waals surface area contributed by atoms with Crippen LogP contribution in [0, 0.1) is 41.7 Å². The smallest absolute Gasteiger partial charge is 0.870 e. The van der Waals surface area contributed by atoms with Crippen LogP contribution in [0.15, 0.2) is 0 Å². The van der Waals surface area contributed by atoms with Gasteiger partial charge in [-0.3, -0.25) is 0 Å². The third kappa shape index (κ3) is 40.9. The minimum atomic E-state index is 0. The first-order chi connectivity index (χ1) is 0. The standard InChI is InChI=1S/Ce.Li.4H2O/h;;4*1H2/q+3;+1;;;;/p-4. The van der Waals surface area contributed by atoms with Gasteiger partial charge in [0.05, 0.1) is 0 Å². The predicted octanol–water partition coefficient (Wildman–Crippen LogP) is -3.70. The SMILES string of the molecule is [Ce+3].[Li+].[OH-].[OH-].[OH-].[OH-]. The third-order valence-corrected chi connectivity index (χ3v) is 0. The molecular formula is H4CeLiO4. The minimum Gasteiger partial charge on any atom is -0.870 e. The summed E-state index contributed by atoms with van der Waals surface area (Å²) >= 11 is 0. The molecule has 0 unspecified atom stereocenters. The molecule has 0 aromatic heterocycles. The molecule has 4 N–H and O–H groups in total. The van der Waals surface area contributed by atoms with Gasteiger partial charge in [-0.1, -0.05) is 0 Å². The van der Waals surface area contributed by atoms with Crippen LogP contribution in [-0.4, -0.2) is 21.9 Å². The molecular weight excluding hydrogens is 211 g/mol. The molecule has 6 heteroatoms. The quantitative estimate of drug-likeness (QED) is 0.386. The van der Waals surface area contributed by atoms with Gasteiger partial charge in [0.25, 0.3) is 0 Å². The predicted molar refractivity (Wildman–Crippen MR) is 7.74 cm³/mol. The van der Waals surface area contributed by atoms with Crippen molar-refractivity contribution < 1.29 is 82.5 Å². The Bertz CT molecular complexity index is 7.51. The summed E-state index contributed by atoms with van der Waals surface area (Å²) in [5, 5.41) is 0. The zero-order valence-electron chi connectivity index (χ0n) is 3.29. The summed E-state index contributed by atoms with van der Waals surface area (Å²) < 4.78 is 0. The van der Waals surface area contributed by atoms with E-state index in [4.69, 9.17) is 0 Å². The van der Waals surface area contributed by atoms with E-state index in [-0.39, 0.29) is 82.5 Å². The van der Waals surface area contributed by atoms with Gasteiger partial charge in [0.1, 0.15) is 0 Å². The van der Waals surface area contributed by atoms with Crippen molar-refractivity contribution in [1.82, 2.24) is 0 Å². The molecule has 33 valence electrons. The van der Waals surface area contributed by atoms with E-state index >= 15 is 0 Å². The van der Waals surface area contributed by atoms with Crippen molar-refractivity contribution in [3.8, 4) is 0 Å². The Morgan fingerprint density at radius 1 is 0.500 bits per heavy atom. The molecule has 0 atom stereocenters. The number of rotatable bonds is 0. The maximum absolute atomic E-state index is 0. The van der Waals surface area contributed by atoms with E-state index in [1.165, 1.54) is 0 Å². The fourth-order valence-corrected chi connectivity index (χ4v) is 0. The third-order valence-electron chi connectivity index (χ3n) is 0. The molecule has 0 fully saturated rings. The van der Waals surface area contributed by atoms with E-state index in [0.717, 1.165) is 0 Å². The summed E-state index contributed by atoms with van der Waals surface area (Å²) in [5.74, 6) is 0. The fourth-order valence-electron chi connectivity index (χ4n) is 0. The number of hydrogen-bond donors (Lipinski definition) is 0. The molecule has 4 nitrogen and oxygen atoms in total. The van der Waals surface area contributed by atoms with E-state index in [2.05, 4.69) is 0 Å². The Labute approximate surface area is 81.5 Å². The molecule has 0 aromatic rings. The van der Waals surface area contributed by atoms with Crippen molar-refractivity contribution in [3.63, 3.8) is 0 Å². The van der Waals surface area contributed by atoms with Crippen molar-refractivity contribution in [2.75, 3.05) is 0 Å². The van der Waals surface area contributed by atoms with Crippen LogP contribution in [0.2, 0.25) is 0 Å². The molecule has 0 aliphatic heterocycles. The van der Waals surface area contributed by atoms with Crippen LogP contribution in [0.4, 0.5) is 0 Å². The maximum atomic E-state index is 0. The average molecular weight is 215 g/mol. The molecule has 0 aliphatic carbocycles. The van der Waals surface area contributed by atoms with E-state index in [1.807, 2.05) is 0 Å². The molecule has 0 spiro atoms. The van der Waals surface area contributed by atoms with Crippen molar-refractivity contribution >= 4 is 0 Å². The zero-order chi connectivity index (χ0) is 0. The second kappa shape index (κ2) is 70.0. The van der Waals surface area contributed by atoms with Crippen LogP contribution >= 0.6 is 0 Å². The van der Waals surface area contributed by atoms with Gasteiger partial charge in [0, 0.05) is 0 Å². The zero-order valence-corrected chi connectivity index (χ0v) is 6.43. The van der Waals surface area contributed by atoms with Crippen molar-refractivity contribution in [2.45, 2.75) is 0 Å². The molecule has 0 rings (SSSR count). The van der Waals surface area contributed by atoms with Gasteiger partial charge in [-0.2, -0.15) is 0 Å². The van der Waals surface area contributed by atoms with Gasteiger partial charge >= 0.3 is 60.6 Å². The first-order valence-corrected chi connectivity index (χ1v) is 0. The largest absolute Gasteiger partial charge is 3.00 e. The Kier molecular flexibility index (Phi) is 1290. The van der Waals surface area contributed by atoms with Crippen molar-refractivity contribution in [3.05, 3.63) is 0 Å². The first kappa shape index (κ1) is 110. The van der Waals surface area contributed by atoms with E-state index in [0.29, 0.717) is 0 Å². The monoisotopic (exact) mass is 215 g/mol. The van der Waals surface area contributed by atoms with E-state index in [1.54, 1.807) is 0 Å². The fraction of sp³-hybridized carbons (Fsp3) is 0. The van der Waals surface area contributed by atoms with Crippen LogP contribution in [0.5, 0.6) is 0 Å². The van der Waals surface area contributed by atoms with Gasteiger partial charge in [-0.15, -0.1) is 0 Å². The molecule has 0 saturated heterocycles. The summed E-state index contributed by atoms with van der Waals surface area (Å²) in [5.41, 5.74) is 0. The molecule has 6 heavy (non-hydrogen) atoms. The summed E-state index contributed by atoms with van der Waals surface area (Å²) in [6.07, 6.45) is 0. The average Bonchev–Trinajstić information content (AvgIpc) is 0. The Morgan fingerprint density at radius 2 is 0.500 bits per heavy atom. The normalized spacial score (nSPS) is 0. The summed E-state index contributed by atoms with van der Waals surface area (Å²) in [4.78, 5) is 0. The molecule has 0 aromatic carbocycles. The topological polar surface area (TPSA) is 120 Å². The summed E-state index contributed by atoms with van der Waals surface area (Å²) in [7, 11) is 0. The molecule has 0 aliphatic rings. The maximum Gasteiger partial charge on any atom is 3.00 e. The Balaban J connectivity index is 0. The second-order valence-corrected chi connectivity index (χ2v) is 0.